The Morgan fingerprint density at radius 2 is 2.57 bits per heavy atom. The molecule has 0 aliphatic carbocycles. The third-order valence-corrected chi connectivity index (χ3v) is 1.04. The zero-order valence-corrected chi connectivity index (χ0v) is 5.18. The average molecular weight is 158 g/mol. The van der Waals surface area contributed by atoms with Gasteiger partial charge < -0.3 is 4.65 Å². The molecule has 0 atom stereocenters. The van der Waals surface area contributed by atoms with E-state index in [1.807, 2.05) is 12.2 Å². The van der Waals surface area contributed by atoms with Gasteiger partial charge in [-0.3, -0.25) is 0 Å². The summed E-state index contributed by atoms with van der Waals surface area (Å²) in [5.41, 5.74) is 0. The maximum Gasteiger partial charge on any atom is 0.415 e. The number of allylic oxidation sites excluding steroid dienone is 2. The zero-order valence-electron chi connectivity index (χ0n) is 3.60. The smallest absolute Gasteiger partial charge is 0.415 e. The summed E-state index contributed by atoms with van der Waals surface area (Å²) in [5.74, 6) is 0. The molecule has 0 unspecified atom stereocenters. The fourth-order valence-electron chi connectivity index (χ4n) is 0.320. The Labute approximate surface area is 51.5 Å². The quantitative estimate of drug-likeness (QED) is 0.483. The van der Waals surface area contributed by atoms with Gasteiger partial charge in [-0.2, -0.15) is 0 Å². The molecule has 0 aromatic carbocycles. The second-order valence-corrected chi connectivity index (χ2v) is 2.05. The van der Waals surface area contributed by atoms with Crippen LogP contribution in [-0.2, 0) is 4.65 Å². The molecule has 0 saturated heterocycles. The molecule has 0 saturated carbocycles. The topological polar surface area (TPSA) is 9.23 Å². The predicted molar refractivity (Wildman–Crippen MR) is 33.0 cm³/mol. The van der Waals surface area contributed by atoms with Crippen LogP contribution in [0.3, 0.4) is 0 Å². The van der Waals surface area contributed by atoms with E-state index in [0.29, 0.717) is 0 Å². The van der Waals surface area contributed by atoms with E-state index in [4.69, 9.17) is 4.65 Å². The molecule has 0 bridgehead atoms. The molecule has 0 fully saturated rings. The highest BCUT2D eigenvalue weighted by atomic mass is 79.9. The maximum atomic E-state index is 4.76. The minimum absolute atomic E-state index is 0.968. The molecular formula is C4H3BBrO. The van der Waals surface area contributed by atoms with Crippen LogP contribution in [0.2, 0.25) is 0 Å². The number of hydrogen-bond acceptors (Lipinski definition) is 1. The van der Waals surface area contributed by atoms with Crippen molar-refractivity contribution in [2.24, 2.45) is 0 Å². The van der Waals surface area contributed by atoms with Crippen LogP contribution in [0, 0.1) is 0 Å². The first-order chi connectivity index (χ1) is 3.39. The van der Waals surface area contributed by atoms with Gasteiger partial charge in [0.05, 0.1) is 6.26 Å². The summed E-state index contributed by atoms with van der Waals surface area (Å²) in [7, 11) is 1.62. The van der Waals surface area contributed by atoms with Crippen molar-refractivity contribution in [1.82, 2.24) is 0 Å². The first-order valence-corrected chi connectivity index (χ1v) is 2.70. The minimum Gasteiger partial charge on any atom is -0.562 e. The fourth-order valence-corrected chi connectivity index (χ4v) is 0.581. The molecule has 0 N–H and O–H groups in total. The van der Waals surface area contributed by atoms with Gasteiger partial charge in [0, 0.05) is 4.38 Å². The molecule has 0 aromatic rings. The summed E-state index contributed by atoms with van der Waals surface area (Å²) in [6.45, 7) is 0. The number of rotatable bonds is 0. The highest BCUT2D eigenvalue weighted by Gasteiger charge is 1.96. The molecule has 0 spiro atoms. The Balaban J connectivity index is 2.57. The van der Waals surface area contributed by atoms with Crippen molar-refractivity contribution in [3.8, 4) is 0 Å². The van der Waals surface area contributed by atoms with Crippen molar-refractivity contribution in [2.75, 3.05) is 0 Å². The molecular weight excluding hydrogens is 155 g/mol. The van der Waals surface area contributed by atoms with Crippen LogP contribution in [0.15, 0.2) is 22.8 Å². The van der Waals surface area contributed by atoms with Crippen LogP contribution >= 0.6 is 15.9 Å². The summed E-state index contributed by atoms with van der Waals surface area (Å²) in [6, 6.07) is 0. The molecule has 1 aliphatic heterocycles. The summed E-state index contributed by atoms with van der Waals surface area (Å²) in [4.78, 5) is 0. The van der Waals surface area contributed by atoms with Crippen LogP contribution in [0.4, 0.5) is 0 Å². The lowest BCUT2D eigenvalue weighted by molar-refractivity contribution is 0.520. The summed E-state index contributed by atoms with van der Waals surface area (Å²) < 4.78 is 5.73. The van der Waals surface area contributed by atoms with Crippen molar-refractivity contribution in [2.45, 2.75) is 0 Å². The Kier molecular flexibility index (Phi) is 1.57. The van der Waals surface area contributed by atoms with Gasteiger partial charge in [0.25, 0.3) is 0 Å². The highest BCUT2D eigenvalue weighted by molar-refractivity contribution is 9.12. The van der Waals surface area contributed by atoms with E-state index in [2.05, 4.69) is 15.9 Å². The molecule has 1 rings (SSSR count). The second kappa shape index (κ2) is 2.21. The molecule has 1 radical (unpaired) electrons. The van der Waals surface area contributed by atoms with Crippen LogP contribution in [-0.4, -0.2) is 7.48 Å². The van der Waals surface area contributed by atoms with Gasteiger partial charge in [0.15, 0.2) is 0 Å². The van der Waals surface area contributed by atoms with Gasteiger partial charge in [0.1, 0.15) is 0 Å². The predicted octanol–water partition coefficient (Wildman–Crippen LogP) is 1.39. The van der Waals surface area contributed by atoms with Gasteiger partial charge >= 0.3 is 7.48 Å². The Hall–Kier alpha value is -0.175. The van der Waals surface area contributed by atoms with Crippen molar-refractivity contribution >= 4 is 23.4 Å². The standard InChI is InChI=1S/C4H3BBrO/c6-4-2-1-3-7-5-4/h1-3H. The van der Waals surface area contributed by atoms with E-state index >= 15 is 0 Å². The van der Waals surface area contributed by atoms with Crippen molar-refractivity contribution in [1.29, 1.82) is 0 Å². The zero-order chi connectivity index (χ0) is 5.11. The molecule has 1 heterocycles. The van der Waals surface area contributed by atoms with E-state index in [0.717, 1.165) is 4.38 Å². The van der Waals surface area contributed by atoms with Gasteiger partial charge in [-0.1, -0.05) is 22.0 Å². The number of hydrogen-bond donors (Lipinski definition) is 0. The molecule has 1 nitrogen and oxygen atoms in total. The average Bonchev–Trinajstić information content (AvgIpc) is 1.69. The third kappa shape index (κ3) is 1.39. The van der Waals surface area contributed by atoms with Crippen LogP contribution < -0.4 is 0 Å². The van der Waals surface area contributed by atoms with Crippen molar-refractivity contribution in [3.63, 3.8) is 0 Å². The maximum absolute atomic E-state index is 4.76. The third-order valence-electron chi connectivity index (χ3n) is 0.593. The summed E-state index contributed by atoms with van der Waals surface area (Å²) in [6.07, 6.45) is 5.35. The highest BCUT2D eigenvalue weighted by Crippen LogP contribution is 2.06. The lowest BCUT2D eigenvalue weighted by Crippen LogP contribution is -1.94. The molecule has 0 aromatic heterocycles. The van der Waals surface area contributed by atoms with Gasteiger partial charge in [-0.05, 0) is 6.08 Å². The fraction of sp³-hybridized carbons (Fsp3) is 0. The molecule has 35 valence electrons. The van der Waals surface area contributed by atoms with Crippen LogP contribution in [0.5, 0.6) is 0 Å². The second-order valence-electron chi connectivity index (χ2n) is 1.13. The van der Waals surface area contributed by atoms with Crippen LogP contribution in [0.1, 0.15) is 0 Å². The van der Waals surface area contributed by atoms with E-state index in [1.54, 1.807) is 13.7 Å². The molecule has 7 heavy (non-hydrogen) atoms. The van der Waals surface area contributed by atoms with E-state index in [-0.39, 0.29) is 0 Å². The van der Waals surface area contributed by atoms with Gasteiger partial charge in [0.2, 0.25) is 0 Å². The molecule has 1 aliphatic rings. The van der Waals surface area contributed by atoms with Gasteiger partial charge in [-0.25, -0.2) is 0 Å². The van der Waals surface area contributed by atoms with E-state index < -0.39 is 0 Å². The Morgan fingerprint density at radius 1 is 1.71 bits per heavy atom. The first-order valence-electron chi connectivity index (χ1n) is 1.90. The summed E-state index contributed by atoms with van der Waals surface area (Å²) in [5, 5.41) is 0. The number of halogens is 1. The SMILES string of the molecule is BrC1=CC=CO[B]1. The largest absolute Gasteiger partial charge is 0.562 e. The van der Waals surface area contributed by atoms with Crippen LogP contribution in [0.25, 0.3) is 0 Å². The van der Waals surface area contributed by atoms with E-state index in [1.165, 1.54) is 0 Å². The normalized spacial score (nSPS) is 17.0. The molecule has 3 heteroatoms. The van der Waals surface area contributed by atoms with Crippen molar-refractivity contribution in [3.05, 3.63) is 22.8 Å². The first kappa shape index (κ1) is 4.97. The lowest BCUT2D eigenvalue weighted by Gasteiger charge is -1.98. The minimum atomic E-state index is 0.968. The van der Waals surface area contributed by atoms with Gasteiger partial charge in [-0.15, -0.1) is 0 Å². The Morgan fingerprint density at radius 3 is 2.86 bits per heavy atom. The molecule has 0 amide bonds. The lowest BCUT2D eigenvalue weighted by atomic mass is 10.00. The van der Waals surface area contributed by atoms with Crippen molar-refractivity contribution < 1.29 is 4.65 Å². The Bertz CT molecular complexity index is 119. The monoisotopic (exact) mass is 157 g/mol. The summed E-state index contributed by atoms with van der Waals surface area (Å²) >= 11 is 3.22. The van der Waals surface area contributed by atoms with E-state index in [9.17, 15) is 0 Å².